The molecule has 3 rings (SSSR count). The van der Waals surface area contributed by atoms with Gasteiger partial charge in [0.1, 0.15) is 5.69 Å². The van der Waals surface area contributed by atoms with Crippen molar-refractivity contribution in [2.75, 3.05) is 26.2 Å². The van der Waals surface area contributed by atoms with E-state index >= 15 is 0 Å². The molecule has 0 saturated carbocycles. The third-order valence-electron chi connectivity index (χ3n) is 4.17. The first kappa shape index (κ1) is 16.9. The van der Waals surface area contributed by atoms with E-state index in [4.69, 9.17) is 0 Å². The minimum Gasteiger partial charge on any atom is -0.297 e. The SMILES string of the molecule is FC(F)(F)c1ncccc1CN1CCN(Cc2ccncc2)CC1. The molecule has 3 heterocycles. The van der Waals surface area contributed by atoms with E-state index < -0.39 is 11.9 Å². The van der Waals surface area contributed by atoms with Crippen LogP contribution in [0.15, 0.2) is 42.9 Å². The minimum atomic E-state index is -4.40. The summed E-state index contributed by atoms with van der Waals surface area (Å²) < 4.78 is 39.0. The molecule has 2 aromatic heterocycles. The van der Waals surface area contributed by atoms with Crippen LogP contribution in [0.5, 0.6) is 0 Å². The van der Waals surface area contributed by atoms with Gasteiger partial charge in [-0.3, -0.25) is 19.8 Å². The van der Waals surface area contributed by atoms with Crippen LogP contribution < -0.4 is 0 Å². The van der Waals surface area contributed by atoms with E-state index in [0.29, 0.717) is 0 Å². The van der Waals surface area contributed by atoms with Crippen LogP contribution in [0.4, 0.5) is 13.2 Å². The van der Waals surface area contributed by atoms with E-state index in [2.05, 4.69) is 19.8 Å². The third-order valence-corrected chi connectivity index (χ3v) is 4.17. The van der Waals surface area contributed by atoms with E-state index in [1.54, 1.807) is 18.5 Å². The van der Waals surface area contributed by atoms with Crippen molar-refractivity contribution in [3.63, 3.8) is 0 Å². The first-order valence-corrected chi connectivity index (χ1v) is 7.87. The van der Waals surface area contributed by atoms with Gasteiger partial charge in [-0.15, -0.1) is 0 Å². The van der Waals surface area contributed by atoms with Crippen molar-refractivity contribution in [2.24, 2.45) is 0 Å². The van der Waals surface area contributed by atoms with Crippen molar-refractivity contribution in [1.29, 1.82) is 0 Å². The molecule has 0 N–H and O–H groups in total. The van der Waals surface area contributed by atoms with Crippen molar-refractivity contribution in [1.82, 2.24) is 19.8 Å². The first-order chi connectivity index (χ1) is 11.5. The molecule has 0 radical (unpaired) electrons. The zero-order chi connectivity index (χ0) is 17.0. The van der Waals surface area contributed by atoms with Gasteiger partial charge in [0.2, 0.25) is 0 Å². The minimum absolute atomic E-state index is 0.243. The molecule has 0 amide bonds. The predicted molar refractivity (Wildman–Crippen MR) is 84.0 cm³/mol. The van der Waals surface area contributed by atoms with Crippen LogP contribution in [-0.2, 0) is 19.3 Å². The summed E-state index contributed by atoms with van der Waals surface area (Å²) in [6, 6.07) is 7.04. The normalized spacial score (nSPS) is 17.1. The van der Waals surface area contributed by atoms with Crippen molar-refractivity contribution in [3.8, 4) is 0 Å². The highest BCUT2D eigenvalue weighted by molar-refractivity contribution is 5.22. The van der Waals surface area contributed by atoms with Gasteiger partial charge in [0, 0.05) is 57.9 Å². The number of aromatic nitrogens is 2. The number of piperazine rings is 1. The Morgan fingerprint density at radius 1 is 0.875 bits per heavy atom. The molecule has 1 aliphatic rings. The van der Waals surface area contributed by atoms with Gasteiger partial charge in [-0.25, -0.2) is 0 Å². The van der Waals surface area contributed by atoms with Crippen LogP contribution in [0.25, 0.3) is 0 Å². The molecule has 4 nitrogen and oxygen atoms in total. The molecule has 1 fully saturated rings. The maximum absolute atomic E-state index is 13.0. The van der Waals surface area contributed by atoms with E-state index in [0.717, 1.165) is 32.7 Å². The van der Waals surface area contributed by atoms with E-state index in [9.17, 15) is 13.2 Å². The maximum atomic E-state index is 13.0. The second-order valence-corrected chi connectivity index (χ2v) is 5.92. The molecule has 0 atom stereocenters. The van der Waals surface area contributed by atoms with Gasteiger partial charge in [0.15, 0.2) is 0 Å². The molecule has 1 saturated heterocycles. The quantitative estimate of drug-likeness (QED) is 0.859. The molecular weight excluding hydrogens is 317 g/mol. The molecule has 0 aromatic carbocycles. The average molecular weight is 336 g/mol. The van der Waals surface area contributed by atoms with E-state index in [1.807, 2.05) is 12.1 Å². The van der Waals surface area contributed by atoms with Crippen molar-refractivity contribution in [3.05, 3.63) is 59.7 Å². The average Bonchev–Trinajstić information content (AvgIpc) is 2.57. The molecule has 7 heteroatoms. The lowest BCUT2D eigenvalue weighted by atomic mass is 10.1. The highest BCUT2D eigenvalue weighted by Gasteiger charge is 2.35. The Hall–Kier alpha value is -1.99. The van der Waals surface area contributed by atoms with E-state index in [1.165, 1.54) is 17.8 Å². The summed E-state index contributed by atoms with van der Waals surface area (Å²) in [4.78, 5) is 11.9. The molecule has 0 aliphatic carbocycles. The van der Waals surface area contributed by atoms with Gasteiger partial charge in [-0.2, -0.15) is 13.2 Å². The van der Waals surface area contributed by atoms with Crippen LogP contribution in [0.1, 0.15) is 16.8 Å². The Morgan fingerprint density at radius 2 is 1.50 bits per heavy atom. The summed E-state index contributed by atoms with van der Waals surface area (Å²) in [5, 5.41) is 0. The number of rotatable bonds is 4. The van der Waals surface area contributed by atoms with Crippen LogP contribution >= 0.6 is 0 Å². The second kappa shape index (κ2) is 7.27. The molecule has 0 spiro atoms. The fourth-order valence-corrected chi connectivity index (χ4v) is 2.91. The Kier molecular flexibility index (Phi) is 5.11. The largest absolute Gasteiger partial charge is 0.433 e. The lowest BCUT2D eigenvalue weighted by Gasteiger charge is -2.35. The Balaban J connectivity index is 1.56. The predicted octanol–water partition coefficient (Wildman–Crippen LogP) is 2.81. The lowest BCUT2D eigenvalue weighted by Crippen LogP contribution is -2.45. The number of hydrogen-bond acceptors (Lipinski definition) is 4. The molecule has 24 heavy (non-hydrogen) atoms. The molecule has 128 valence electrons. The summed E-state index contributed by atoms with van der Waals surface area (Å²) in [6.07, 6.45) is 0.331. The van der Waals surface area contributed by atoms with Crippen molar-refractivity contribution < 1.29 is 13.2 Å². The molecule has 1 aliphatic heterocycles. The third kappa shape index (κ3) is 4.30. The molecule has 0 bridgehead atoms. The summed E-state index contributed by atoms with van der Waals surface area (Å²) >= 11 is 0. The van der Waals surface area contributed by atoms with Crippen LogP contribution in [0.3, 0.4) is 0 Å². The highest BCUT2D eigenvalue weighted by Crippen LogP contribution is 2.30. The second-order valence-electron chi connectivity index (χ2n) is 5.92. The Labute approximate surface area is 138 Å². The summed E-state index contributed by atoms with van der Waals surface area (Å²) in [5.41, 5.74) is 0.668. The van der Waals surface area contributed by atoms with Crippen LogP contribution in [0.2, 0.25) is 0 Å². The number of nitrogens with zero attached hydrogens (tertiary/aromatic N) is 4. The number of pyridine rings is 2. The van der Waals surface area contributed by atoms with Crippen molar-refractivity contribution >= 4 is 0 Å². The van der Waals surface area contributed by atoms with Crippen molar-refractivity contribution in [2.45, 2.75) is 19.3 Å². The zero-order valence-corrected chi connectivity index (χ0v) is 13.2. The highest BCUT2D eigenvalue weighted by atomic mass is 19.4. The van der Waals surface area contributed by atoms with Gasteiger partial charge in [0.05, 0.1) is 0 Å². The molecule has 0 unspecified atom stereocenters. The molecular formula is C17H19F3N4. The summed E-state index contributed by atoms with van der Waals surface area (Å²) in [7, 11) is 0. The monoisotopic (exact) mass is 336 g/mol. The van der Waals surface area contributed by atoms with Gasteiger partial charge in [-0.05, 0) is 29.3 Å². The lowest BCUT2D eigenvalue weighted by molar-refractivity contribution is -0.142. The Morgan fingerprint density at radius 3 is 2.12 bits per heavy atom. The van der Waals surface area contributed by atoms with Gasteiger partial charge in [0.25, 0.3) is 0 Å². The van der Waals surface area contributed by atoms with Gasteiger partial charge >= 0.3 is 6.18 Å². The van der Waals surface area contributed by atoms with Gasteiger partial charge < -0.3 is 0 Å². The number of alkyl halides is 3. The smallest absolute Gasteiger partial charge is 0.297 e. The number of hydrogen-bond donors (Lipinski definition) is 0. The standard InChI is InChI=1S/C17H19F3N4/c18-17(19,20)16-15(2-1-5-22-16)13-24-10-8-23(9-11-24)12-14-3-6-21-7-4-14/h1-7H,8-13H2. The molecule has 2 aromatic rings. The fourth-order valence-electron chi connectivity index (χ4n) is 2.91. The number of halogens is 3. The van der Waals surface area contributed by atoms with Crippen LogP contribution in [-0.4, -0.2) is 45.9 Å². The topological polar surface area (TPSA) is 32.3 Å². The van der Waals surface area contributed by atoms with E-state index in [-0.39, 0.29) is 12.1 Å². The Bertz CT molecular complexity index is 652. The maximum Gasteiger partial charge on any atom is 0.433 e. The fraction of sp³-hybridized carbons (Fsp3) is 0.412. The zero-order valence-electron chi connectivity index (χ0n) is 13.2. The van der Waals surface area contributed by atoms with Crippen LogP contribution in [0, 0.1) is 0 Å². The first-order valence-electron chi connectivity index (χ1n) is 7.87. The summed E-state index contributed by atoms with van der Waals surface area (Å²) in [6.45, 7) is 4.30. The summed E-state index contributed by atoms with van der Waals surface area (Å²) in [5.74, 6) is 0. The van der Waals surface area contributed by atoms with Gasteiger partial charge in [-0.1, -0.05) is 6.07 Å².